The van der Waals surface area contributed by atoms with Gasteiger partial charge in [-0.2, -0.15) is 0 Å². The van der Waals surface area contributed by atoms with Crippen LogP contribution in [-0.2, 0) is 40.6 Å². The molecule has 0 radical (unpaired) electrons. The maximum Gasteiger partial charge on any atom is 0 e. The Balaban J connectivity index is -0.000000144. The van der Waals surface area contributed by atoms with Gasteiger partial charge in [-0.25, -0.2) is 0 Å². The van der Waals surface area contributed by atoms with Gasteiger partial charge in [-0.05, 0) is 17.1 Å². The minimum atomic E-state index is 0. The fourth-order valence-electron chi connectivity index (χ4n) is 2.00. The van der Waals surface area contributed by atoms with E-state index in [4.69, 9.17) is 23.3 Å². The Labute approximate surface area is 146 Å². The van der Waals surface area contributed by atoms with E-state index in [1.54, 1.807) is 0 Å². The monoisotopic (exact) mass is 366 g/mol. The van der Waals surface area contributed by atoms with E-state index in [9.17, 15) is 0 Å². The number of hydrogen-bond donors (Lipinski definition) is 0. The average Bonchev–Trinajstić information content (AvgIpc) is 3.30. The van der Waals surface area contributed by atoms with Gasteiger partial charge in [0, 0.05) is 28.7 Å². The Kier molecular flexibility index (Phi) is 26.6. The summed E-state index contributed by atoms with van der Waals surface area (Å²) in [6, 6.07) is 8.71. The average molecular weight is 366 g/mol. The van der Waals surface area contributed by atoms with Crippen molar-refractivity contribution < 1.29 is 40.6 Å². The molecule has 1 aliphatic heterocycles. The zero-order valence-corrected chi connectivity index (χ0v) is 14.2. The molecular weight excluding hydrogens is 355 g/mol. The van der Waals surface area contributed by atoms with Crippen LogP contribution < -0.4 is 10.4 Å². The van der Waals surface area contributed by atoms with Gasteiger partial charge in [0.05, 0.1) is 0 Å². The summed E-state index contributed by atoms with van der Waals surface area (Å²) in [7, 11) is 0.308. The largest absolute Gasteiger partial charge is 0 e. The van der Waals surface area contributed by atoms with Crippen LogP contribution in [0, 0.1) is 33.3 Å². The van der Waals surface area contributed by atoms with E-state index in [0.29, 0.717) is 7.92 Å². The standard InChI is InChI=1S/C11H11P.5CO.Cr/c1-12-10-6-8-4-2-3-5-9(8)7-11(10)12;5*1-2;/h2-7,10-11H,1H3;;;;;;. The van der Waals surface area contributed by atoms with Crippen LogP contribution in [-0.4, -0.2) is 18.0 Å². The first-order valence-electron chi connectivity index (χ1n) is 5.39. The predicted octanol–water partition coefficient (Wildman–Crippen LogP) is 0.934. The van der Waals surface area contributed by atoms with Crippen molar-refractivity contribution in [2.75, 3.05) is 6.66 Å². The van der Waals surface area contributed by atoms with E-state index >= 15 is 0 Å². The molecule has 1 aliphatic carbocycles. The molecule has 0 saturated carbocycles. The van der Waals surface area contributed by atoms with Crippen molar-refractivity contribution in [3.63, 3.8) is 0 Å². The SMILES string of the molecule is CP1C2C=c3ccccc3=CC21.[C-]#[O+].[C-]#[O+].[C-]#[O+].[C-]#[O+].[C-]#[O+].[Cr]. The summed E-state index contributed by atoms with van der Waals surface area (Å²) in [4.78, 5) is 0. The van der Waals surface area contributed by atoms with E-state index in [1.165, 1.54) is 10.4 Å². The molecule has 1 aromatic carbocycles. The second-order valence-corrected chi connectivity index (χ2v) is 6.13. The Morgan fingerprint density at radius 3 is 1.22 bits per heavy atom. The molecule has 2 aliphatic rings. The topological polar surface area (TPSA) is 99.5 Å². The van der Waals surface area contributed by atoms with Crippen LogP contribution in [0.15, 0.2) is 24.3 Å². The summed E-state index contributed by atoms with van der Waals surface area (Å²) in [5, 5.41) is 2.90. The number of fused-ring (bicyclic) bond motifs is 2. The van der Waals surface area contributed by atoms with Crippen molar-refractivity contribution in [1.82, 2.24) is 0 Å². The molecule has 1 saturated heterocycles. The number of hydrogen-bond acceptors (Lipinski definition) is 0. The van der Waals surface area contributed by atoms with E-state index in [0.717, 1.165) is 11.3 Å². The fourth-order valence-corrected chi connectivity index (χ4v) is 4.14. The molecule has 0 aromatic heterocycles. The van der Waals surface area contributed by atoms with E-state index < -0.39 is 0 Å². The summed E-state index contributed by atoms with van der Waals surface area (Å²) < 4.78 is 37.5. The Morgan fingerprint density at radius 2 is 0.957 bits per heavy atom. The summed E-state index contributed by atoms with van der Waals surface area (Å²) in [6.07, 6.45) is 4.93. The van der Waals surface area contributed by atoms with Crippen LogP contribution in [0.4, 0.5) is 0 Å². The minimum Gasteiger partial charge on any atom is 0 e. The first-order chi connectivity index (χ1) is 10.9. The third kappa shape index (κ3) is 9.37. The van der Waals surface area contributed by atoms with Gasteiger partial charge in [0.2, 0.25) is 0 Å². The molecule has 116 valence electrons. The van der Waals surface area contributed by atoms with E-state index in [2.05, 4.69) is 76.3 Å². The molecule has 1 aromatic rings. The van der Waals surface area contributed by atoms with Crippen LogP contribution in [0.5, 0.6) is 0 Å². The van der Waals surface area contributed by atoms with Gasteiger partial charge in [-0.1, -0.05) is 44.3 Å². The van der Waals surface area contributed by atoms with Crippen molar-refractivity contribution >= 4 is 20.1 Å². The zero-order valence-electron chi connectivity index (χ0n) is 12.0. The van der Waals surface area contributed by atoms with Crippen LogP contribution in [0.1, 0.15) is 0 Å². The maximum absolute atomic E-state index is 7.50. The molecule has 2 atom stereocenters. The van der Waals surface area contributed by atoms with Crippen molar-refractivity contribution in [3.8, 4) is 0 Å². The van der Waals surface area contributed by atoms with Crippen molar-refractivity contribution in [2.45, 2.75) is 11.3 Å². The van der Waals surface area contributed by atoms with Gasteiger partial charge >= 0.3 is 56.5 Å². The molecule has 5 nitrogen and oxygen atoms in total. The Bertz CT molecular complexity index is 569. The van der Waals surface area contributed by atoms with E-state index in [-0.39, 0.29) is 17.4 Å². The number of rotatable bonds is 0. The van der Waals surface area contributed by atoms with Gasteiger partial charge in [-0.3, -0.25) is 0 Å². The van der Waals surface area contributed by atoms with Crippen LogP contribution in [0.3, 0.4) is 0 Å². The smallest absolute Gasteiger partial charge is 0 e. The first-order valence-corrected chi connectivity index (χ1v) is 7.32. The van der Waals surface area contributed by atoms with Gasteiger partial charge in [0.15, 0.2) is 0 Å². The normalized spacial score (nSPS) is 19.0. The molecule has 1 heterocycles. The van der Waals surface area contributed by atoms with Crippen molar-refractivity contribution in [3.05, 3.63) is 68.0 Å². The second kappa shape index (κ2) is 20.6. The summed E-state index contributed by atoms with van der Waals surface area (Å²) in [5.41, 5.74) is 1.82. The summed E-state index contributed by atoms with van der Waals surface area (Å²) >= 11 is 0. The van der Waals surface area contributed by atoms with E-state index in [1.807, 2.05) is 0 Å². The van der Waals surface area contributed by atoms with Crippen LogP contribution in [0.25, 0.3) is 12.2 Å². The molecule has 1 fully saturated rings. The fraction of sp³-hybridized carbons (Fsp3) is 0.188. The molecule has 7 heteroatoms. The third-order valence-electron chi connectivity index (χ3n) is 2.90. The molecular formula is C16H11CrO5P. The second-order valence-electron chi connectivity index (χ2n) is 3.61. The van der Waals surface area contributed by atoms with Gasteiger partial charge < -0.3 is 0 Å². The Hall–Kier alpha value is -1.38. The van der Waals surface area contributed by atoms with Crippen LogP contribution >= 0.6 is 7.92 Å². The predicted molar refractivity (Wildman–Crippen MR) is 74.7 cm³/mol. The first kappa shape index (κ1) is 29.6. The summed E-state index contributed by atoms with van der Waals surface area (Å²) in [6.45, 7) is 24.9. The molecule has 0 spiro atoms. The minimum absolute atomic E-state index is 0. The summed E-state index contributed by atoms with van der Waals surface area (Å²) in [5.74, 6) is 0. The molecule has 2 unspecified atom stereocenters. The zero-order chi connectivity index (χ0) is 18.1. The molecule has 0 bridgehead atoms. The Morgan fingerprint density at radius 1 is 0.696 bits per heavy atom. The van der Waals surface area contributed by atoms with Crippen molar-refractivity contribution in [1.29, 1.82) is 0 Å². The quantitative estimate of drug-likeness (QED) is 0.371. The third-order valence-corrected chi connectivity index (χ3v) is 5.37. The van der Waals surface area contributed by atoms with Crippen molar-refractivity contribution in [2.24, 2.45) is 0 Å². The van der Waals surface area contributed by atoms with Gasteiger partial charge in [0.1, 0.15) is 0 Å². The molecule has 3 rings (SSSR count). The molecule has 0 N–H and O–H groups in total. The van der Waals surface area contributed by atoms with Crippen LogP contribution in [0.2, 0.25) is 0 Å². The maximum atomic E-state index is 7.50. The van der Waals surface area contributed by atoms with Gasteiger partial charge in [0.25, 0.3) is 0 Å². The number of benzene rings is 1. The molecule has 23 heavy (non-hydrogen) atoms. The van der Waals surface area contributed by atoms with Gasteiger partial charge in [-0.15, -0.1) is 0 Å². The molecule has 0 amide bonds.